The van der Waals surface area contributed by atoms with Crippen molar-refractivity contribution in [1.82, 2.24) is 24.7 Å². The standard InChI is InChI=1S/C19H25N7/c1-6-24(7-2)18-10-8-17(9-11-18)13-20-26-16(5)21-22-19(26)25-15(4)12-14(3)23-25/h8-13H,6-7H2,1-5H3. The number of benzene rings is 1. The van der Waals surface area contributed by atoms with Crippen LogP contribution < -0.4 is 4.90 Å². The van der Waals surface area contributed by atoms with Crippen LogP contribution in [0.3, 0.4) is 0 Å². The summed E-state index contributed by atoms with van der Waals surface area (Å²) in [5.41, 5.74) is 4.17. The molecule has 136 valence electrons. The minimum Gasteiger partial charge on any atom is -0.372 e. The Bertz CT molecular complexity index is 899. The van der Waals surface area contributed by atoms with Gasteiger partial charge >= 0.3 is 0 Å². The van der Waals surface area contributed by atoms with E-state index in [0.29, 0.717) is 11.8 Å². The van der Waals surface area contributed by atoms with Gasteiger partial charge in [-0.25, -0.2) is 4.68 Å². The second kappa shape index (κ2) is 7.51. The van der Waals surface area contributed by atoms with Crippen molar-refractivity contribution < 1.29 is 0 Å². The Morgan fingerprint density at radius 2 is 1.73 bits per heavy atom. The summed E-state index contributed by atoms with van der Waals surface area (Å²) in [6.07, 6.45) is 1.82. The van der Waals surface area contributed by atoms with E-state index < -0.39 is 0 Å². The smallest absolute Gasteiger partial charge is 0.273 e. The van der Waals surface area contributed by atoms with Crippen LogP contribution in [0.4, 0.5) is 5.69 Å². The van der Waals surface area contributed by atoms with E-state index in [4.69, 9.17) is 0 Å². The van der Waals surface area contributed by atoms with Crippen LogP contribution in [0.15, 0.2) is 35.4 Å². The number of rotatable bonds is 6. The van der Waals surface area contributed by atoms with Crippen LogP contribution in [0.1, 0.15) is 36.6 Å². The number of aromatic nitrogens is 5. The van der Waals surface area contributed by atoms with Gasteiger partial charge in [0.2, 0.25) is 0 Å². The Morgan fingerprint density at radius 1 is 1.04 bits per heavy atom. The van der Waals surface area contributed by atoms with E-state index in [1.807, 2.05) is 33.1 Å². The summed E-state index contributed by atoms with van der Waals surface area (Å²) in [6, 6.07) is 10.4. The number of hydrogen-bond donors (Lipinski definition) is 0. The van der Waals surface area contributed by atoms with E-state index in [2.05, 4.69) is 63.4 Å². The summed E-state index contributed by atoms with van der Waals surface area (Å²) in [6.45, 7) is 12.1. The maximum Gasteiger partial charge on any atom is 0.273 e. The van der Waals surface area contributed by atoms with Gasteiger partial charge in [-0.15, -0.1) is 10.2 Å². The first-order chi connectivity index (χ1) is 12.5. The maximum atomic E-state index is 4.57. The van der Waals surface area contributed by atoms with Crippen molar-refractivity contribution in [3.63, 3.8) is 0 Å². The molecule has 0 radical (unpaired) electrons. The van der Waals surface area contributed by atoms with Gasteiger partial charge in [0.1, 0.15) is 0 Å². The summed E-state index contributed by atoms with van der Waals surface area (Å²) in [5.74, 6) is 1.30. The molecular weight excluding hydrogens is 326 g/mol. The molecule has 0 saturated heterocycles. The fourth-order valence-electron chi connectivity index (χ4n) is 2.93. The van der Waals surface area contributed by atoms with Crippen molar-refractivity contribution in [2.45, 2.75) is 34.6 Å². The van der Waals surface area contributed by atoms with Crippen molar-refractivity contribution >= 4 is 11.9 Å². The third kappa shape index (κ3) is 3.51. The molecule has 0 saturated carbocycles. The minimum absolute atomic E-state index is 0.587. The van der Waals surface area contributed by atoms with E-state index in [1.54, 1.807) is 9.36 Å². The van der Waals surface area contributed by atoms with Crippen LogP contribution in [0.2, 0.25) is 0 Å². The van der Waals surface area contributed by atoms with Crippen LogP contribution >= 0.6 is 0 Å². The lowest BCUT2D eigenvalue weighted by atomic mass is 10.2. The average molecular weight is 351 g/mol. The Labute approximate surface area is 154 Å². The molecule has 2 heterocycles. The largest absolute Gasteiger partial charge is 0.372 e. The van der Waals surface area contributed by atoms with Gasteiger partial charge in [-0.1, -0.05) is 12.1 Å². The Morgan fingerprint density at radius 3 is 2.31 bits per heavy atom. The number of hydrogen-bond acceptors (Lipinski definition) is 5. The van der Waals surface area contributed by atoms with E-state index in [0.717, 1.165) is 30.0 Å². The second-order valence-corrected chi connectivity index (χ2v) is 6.21. The van der Waals surface area contributed by atoms with Crippen molar-refractivity contribution in [1.29, 1.82) is 0 Å². The van der Waals surface area contributed by atoms with Gasteiger partial charge in [-0.3, -0.25) is 0 Å². The van der Waals surface area contributed by atoms with Crippen LogP contribution in [0.25, 0.3) is 5.95 Å². The van der Waals surface area contributed by atoms with Gasteiger partial charge in [0, 0.05) is 24.5 Å². The maximum absolute atomic E-state index is 4.57. The van der Waals surface area contributed by atoms with Gasteiger partial charge in [-0.05, 0) is 58.4 Å². The first-order valence-corrected chi connectivity index (χ1v) is 8.88. The molecule has 2 aromatic heterocycles. The molecule has 0 bridgehead atoms. The fraction of sp³-hybridized carbons (Fsp3) is 0.368. The van der Waals surface area contributed by atoms with Crippen LogP contribution in [0, 0.1) is 20.8 Å². The third-order valence-corrected chi connectivity index (χ3v) is 4.32. The highest BCUT2D eigenvalue weighted by Gasteiger charge is 2.13. The molecule has 0 atom stereocenters. The molecule has 3 rings (SSSR count). The van der Waals surface area contributed by atoms with Gasteiger partial charge in [0.25, 0.3) is 5.95 Å². The zero-order chi connectivity index (χ0) is 18.7. The van der Waals surface area contributed by atoms with E-state index in [-0.39, 0.29) is 0 Å². The van der Waals surface area contributed by atoms with Gasteiger partial charge in [-0.2, -0.15) is 14.9 Å². The second-order valence-electron chi connectivity index (χ2n) is 6.21. The highest BCUT2D eigenvalue weighted by Crippen LogP contribution is 2.15. The molecule has 0 fully saturated rings. The fourth-order valence-corrected chi connectivity index (χ4v) is 2.93. The highest BCUT2D eigenvalue weighted by atomic mass is 15.5. The summed E-state index contributed by atoms with van der Waals surface area (Å²) in [5, 5.41) is 17.4. The van der Waals surface area contributed by atoms with Crippen molar-refractivity contribution in [3.8, 4) is 5.95 Å². The first-order valence-electron chi connectivity index (χ1n) is 8.88. The zero-order valence-electron chi connectivity index (χ0n) is 16.0. The lowest BCUT2D eigenvalue weighted by Crippen LogP contribution is -2.21. The molecule has 0 aliphatic carbocycles. The molecule has 0 N–H and O–H groups in total. The van der Waals surface area contributed by atoms with Crippen LogP contribution in [-0.4, -0.2) is 44.0 Å². The summed E-state index contributed by atoms with van der Waals surface area (Å²) in [4.78, 5) is 2.31. The van der Waals surface area contributed by atoms with Gasteiger partial charge in [0.15, 0.2) is 5.82 Å². The minimum atomic E-state index is 0.587. The van der Waals surface area contributed by atoms with E-state index >= 15 is 0 Å². The van der Waals surface area contributed by atoms with Crippen LogP contribution in [-0.2, 0) is 0 Å². The monoisotopic (exact) mass is 351 g/mol. The summed E-state index contributed by atoms with van der Waals surface area (Å²) < 4.78 is 3.47. The van der Waals surface area contributed by atoms with Crippen molar-refractivity contribution in [2.24, 2.45) is 5.10 Å². The van der Waals surface area contributed by atoms with Crippen LogP contribution in [0.5, 0.6) is 0 Å². The van der Waals surface area contributed by atoms with E-state index in [9.17, 15) is 0 Å². The van der Waals surface area contributed by atoms with Crippen molar-refractivity contribution in [2.75, 3.05) is 18.0 Å². The lowest BCUT2D eigenvalue weighted by molar-refractivity contribution is 0.708. The van der Waals surface area contributed by atoms with Crippen molar-refractivity contribution in [3.05, 3.63) is 53.1 Å². The summed E-state index contributed by atoms with van der Waals surface area (Å²) >= 11 is 0. The number of aryl methyl sites for hydroxylation is 3. The Kier molecular flexibility index (Phi) is 5.16. The molecule has 0 aliphatic heterocycles. The van der Waals surface area contributed by atoms with E-state index in [1.165, 1.54) is 5.69 Å². The topological polar surface area (TPSA) is 64.1 Å². The Hall–Kier alpha value is -2.96. The predicted molar refractivity (Wildman–Crippen MR) is 104 cm³/mol. The molecule has 26 heavy (non-hydrogen) atoms. The lowest BCUT2D eigenvalue weighted by Gasteiger charge is -2.20. The molecule has 3 aromatic rings. The number of anilines is 1. The SMILES string of the molecule is CCN(CC)c1ccc(C=Nn2c(C)nnc2-n2nc(C)cc2C)cc1. The molecule has 0 amide bonds. The van der Waals surface area contributed by atoms with Gasteiger partial charge in [0.05, 0.1) is 11.9 Å². The normalized spacial score (nSPS) is 11.4. The first kappa shape index (κ1) is 17.8. The molecule has 7 nitrogen and oxygen atoms in total. The molecular formula is C19H25N7. The molecule has 1 aromatic carbocycles. The summed E-state index contributed by atoms with van der Waals surface area (Å²) in [7, 11) is 0. The van der Waals surface area contributed by atoms with Gasteiger partial charge < -0.3 is 4.90 Å². The predicted octanol–water partition coefficient (Wildman–Crippen LogP) is 3.12. The number of nitrogens with zero attached hydrogens (tertiary/aromatic N) is 7. The molecule has 0 aliphatic rings. The average Bonchev–Trinajstić information content (AvgIpc) is 3.16. The molecule has 0 unspecified atom stereocenters. The molecule has 7 heteroatoms. The zero-order valence-corrected chi connectivity index (χ0v) is 16.0. The third-order valence-electron chi connectivity index (χ3n) is 4.32. The quantitative estimate of drug-likeness (QED) is 0.640. The Balaban J connectivity index is 1.87. The molecule has 0 spiro atoms. The highest BCUT2D eigenvalue weighted by molar-refractivity contribution is 5.80.